The molecule has 0 saturated carbocycles. The second kappa shape index (κ2) is 5.32. The van der Waals surface area contributed by atoms with Crippen LogP contribution in [0.4, 0.5) is 5.69 Å². The predicted molar refractivity (Wildman–Crippen MR) is 73.1 cm³/mol. The van der Waals surface area contributed by atoms with Crippen LogP contribution in [0.3, 0.4) is 0 Å². The van der Waals surface area contributed by atoms with Crippen LogP contribution >= 0.6 is 0 Å². The van der Waals surface area contributed by atoms with E-state index < -0.39 is 11.0 Å². The van der Waals surface area contributed by atoms with Crippen molar-refractivity contribution < 1.29 is 10.0 Å². The number of aliphatic hydroxyl groups is 1. The summed E-state index contributed by atoms with van der Waals surface area (Å²) in [6, 6.07) is 6.55. The smallest absolute Gasteiger partial charge is 0.278 e. The number of hydrogen-bond donors (Lipinski definition) is 1. The van der Waals surface area contributed by atoms with Gasteiger partial charge in [0.25, 0.3) is 5.69 Å². The Hall–Kier alpha value is -2.01. The Kier molecular flexibility index (Phi) is 3.76. The molecule has 2 atom stereocenters. The quantitative estimate of drug-likeness (QED) is 0.677. The van der Waals surface area contributed by atoms with Crippen LogP contribution in [0.1, 0.15) is 31.7 Å². The Balaban J connectivity index is 2.65. The van der Waals surface area contributed by atoms with Gasteiger partial charge in [0.15, 0.2) is 0 Å². The molecule has 1 aromatic heterocycles. The first-order valence-corrected chi connectivity index (χ1v) is 6.26. The number of nitro benzene ring substituents is 1. The van der Waals surface area contributed by atoms with Crippen LogP contribution in [-0.4, -0.2) is 21.1 Å². The van der Waals surface area contributed by atoms with E-state index in [2.05, 4.69) is 4.98 Å². The highest BCUT2D eigenvalue weighted by Crippen LogP contribution is 2.32. The van der Waals surface area contributed by atoms with Crippen LogP contribution in [0.15, 0.2) is 30.5 Å². The van der Waals surface area contributed by atoms with Crippen molar-refractivity contribution in [2.45, 2.75) is 32.3 Å². The predicted octanol–water partition coefficient (Wildman–Crippen LogP) is 3.02. The SMILES string of the molecule is CCC(O)C(C)c1ccc([N+](=O)[O-])c2cccnc12. The number of nitrogens with zero attached hydrogens (tertiary/aromatic N) is 2. The van der Waals surface area contributed by atoms with Crippen LogP contribution in [0.5, 0.6) is 0 Å². The molecule has 0 spiro atoms. The minimum Gasteiger partial charge on any atom is -0.393 e. The zero-order valence-corrected chi connectivity index (χ0v) is 10.9. The minimum absolute atomic E-state index is 0.0463. The first-order valence-electron chi connectivity index (χ1n) is 6.26. The molecule has 2 unspecified atom stereocenters. The fraction of sp³-hybridized carbons (Fsp3) is 0.357. The largest absolute Gasteiger partial charge is 0.393 e. The molecule has 0 aliphatic heterocycles. The molecular formula is C14H16N2O3. The summed E-state index contributed by atoms with van der Waals surface area (Å²) in [5.41, 5.74) is 1.48. The van der Waals surface area contributed by atoms with E-state index in [1.54, 1.807) is 24.4 Å². The van der Waals surface area contributed by atoms with Crippen molar-refractivity contribution in [2.75, 3.05) is 0 Å². The molecule has 2 aromatic rings. The molecule has 0 amide bonds. The van der Waals surface area contributed by atoms with E-state index in [1.165, 1.54) is 6.07 Å². The van der Waals surface area contributed by atoms with E-state index in [9.17, 15) is 15.2 Å². The molecule has 0 aliphatic rings. The van der Waals surface area contributed by atoms with Crippen LogP contribution in [0.25, 0.3) is 10.9 Å². The molecule has 5 heteroatoms. The zero-order valence-electron chi connectivity index (χ0n) is 10.9. The van der Waals surface area contributed by atoms with E-state index >= 15 is 0 Å². The molecular weight excluding hydrogens is 244 g/mol. The summed E-state index contributed by atoms with van der Waals surface area (Å²) in [5, 5.41) is 21.5. The normalized spacial score (nSPS) is 14.3. The molecule has 1 aromatic carbocycles. The second-order valence-corrected chi connectivity index (χ2v) is 4.59. The van der Waals surface area contributed by atoms with Gasteiger partial charge in [-0.1, -0.05) is 13.8 Å². The molecule has 0 bridgehead atoms. The van der Waals surface area contributed by atoms with Gasteiger partial charge in [-0.05, 0) is 30.2 Å². The molecule has 0 fully saturated rings. The number of rotatable bonds is 4. The van der Waals surface area contributed by atoms with E-state index in [0.29, 0.717) is 17.3 Å². The lowest BCUT2D eigenvalue weighted by Crippen LogP contribution is -2.15. The fourth-order valence-corrected chi connectivity index (χ4v) is 2.27. The topological polar surface area (TPSA) is 76.3 Å². The van der Waals surface area contributed by atoms with Gasteiger partial charge in [-0.15, -0.1) is 0 Å². The zero-order chi connectivity index (χ0) is 14.0. The molecule has 0 saturated heterocycles. The molecule has 100 valence electrons. The number of non-ortho nitro benzene ring substituents is 1. The lowest BCUT2D eigenvalue weighted by Gasteiger charge is -2.18. The molecule has 0 aliphatic carbocycles. The van der Waals surface area contributed by atoms with Crippen LogP contribution in [-0.2, 0) is 0 Å². The summed E-state index contributed by atoms with van der Waals surface area (Å²) >= 11 is 0. The third kappa shape index (κ3) is 2.42. The van der Waals surface area contributed by atoms with E-state index in [1.807, 2.05) is 13.8 Å². The van der Waals surface area contributed by atoms with Gasteiger partial charge in [-0.3, -0.25) is 15.1 Å². The van der Waals surface area contributed by atoms with Crippen molar-refractivity contribution in [3.8, 4) is 0 Å². The first-order chi connectivity index (χ1) is 9.06. The molecule has 0 radical (unpaired) electrons. The maximum Gasteiger partial charge on any atom is 0.278 e. The summed E-state index contributed by atoms with van der Waals surface area (Å²) in [6.07, 6.45) is 1.76. The van der Waals surface area contributed by atoms with Crippen molar-refractivity contribution in [1.29, 1.82) is 0 Å². The molecule has 2 rings (SSSR count). The lowest BCUT2D eigenvalue weighted by molar-refractivity contribution is -0.383. The number of hydrogen-bond acceptors (Lipinski definition) is 4. The standard InChI is InChI=1S/C14H16N2O3/c1-3-13(17)9(2)10-6-7-12(16(18)19)11-5-4-8-15-14(10)11/h4-9,13,17H,3H2,1-2H3. The van der Waals surface area contributed by atoms with Gasteiger partial charge in [0.05, 0.1) is 21.9 Å². The average molecular weight is 260 g/mol. The fourth-order valence-electron chi connectivity index (χ4n) is 2.27. The highest BCUT2D eigenvalue weighted by Gasteiger charge is 2.21. The second-order valence-electron chi connectivity index (χ2n) is 4.59. The Bertz CT molecular complexity index is 613. The van der Waals surface area contributed by atoms with Crippen molar-refractivity contribution >= 4 is 16.6 Å². The van der Waals surface area contributed by atoms with Crippen molar-refractivity contribution in [1.82, 2.24) is 4.98 Å². The maximum atomic E-state index is 11.0. The van der Waals surface area contributed by atoms with E-state index in [-0.39, 0.29) is 11.6 Å². The van der Waals surface area contributed by atoms with Crippen LogP contribution < -0.4 is 0 Å². The number of nitro groups is 1. The molecule has 1 N–H and O–H groups in total. The highest BCUT2D eigenvalue weighted by atomic mass is 16.6. The Morgan fingerprint density at radius 3 is 2.79 bits per heavy atom. The van der Waals surface area contributed by atoms with Gasteiger partial charge in [-0.25, -0.2) is 0 Å². The van der Waals surface area contributed by atoms with Gasteiger partial charge >= 0.3 is 0 Å². The molecule has 19 heavy (non-hydrogen) atoms. The van der Waals surface area contributed by atoms with Gasteiger partial charge < -0.3 is 5.11 Å². The van der Waals surface area contributed by atoms with Crippen LogP contribution in [0.2, 0.25) is 0 Å². The highest BCUT2D eigenvalue weighted by molar-refractivity contribution is 5.90. The van der Waals surface area contributed by atoms with Crippen molar-refractivity contribution in [3.63, 3.8) is 0 Å². The third-order valence-electron chi connectivity index (χ3n) is 3.46. The summed E-state index contributed by atoms with van der Waals surface area (Å²) in [4.78, 5) is 14.9. The lowest BCUT2D eigenvalue weighted by atomic mass is 9.91. The number of pyridine rings is 1. The van der Waals surface area contributed by atoms with E-state index in [4.69, 9.17) is 0 Å². The average Bonchev–Trinajstić information content (AvgIpc) is 2.44. The Morgan fingerprint density at radius 2 is 2.16 bits per heavy atom. The van der Waals surface area contributed by atoms with Gasteiger partial charge in [0, 0.05) is 18.2 Å². The minimum atomic E-state index is -0.480. The summed E-state index contributed by atoms with van der Waals surface area (Å²) in [5.74, 6) is -0.108. The van der Waals surface area contributed by atoms with Crippen LogP contribution in [0, 0.1) is 10.1 Å². The number of benzene rings is 1. The van der Waals surface area contributed by atoms with Crippen molar-refractivity contribution in [2.24, 2.45) is 0 Å². The summed E-state index contributed by atoms with van der Waals surface area (Å²) in [6.45, 7) is 3.81. The third-order valence-corrected chi connectivity index (χ3v) is 3.46. The first kappa shape index (κ1) is 13.4. The molecule has 5 nitrogen and oxygen atoms in total. The monoisotopic (exact) mass is 260 g/mol. The van der Waals surface area contributed by atoms with Gasteiger partial charge in [0.1, 0.15) is 0 Å². The van der Waals surface area contributed by atoms with Crippen molar-refractivity contribution in [3.05, 3.63) is 46.1 Å². The number of aliphatic hydroxyl groups excluding tert-OH is 1. The summed E-state index contributed by atoms with van der Waals surface area (Å²) in [7, 11) is 0. The number of fused-ring (bicyclic) bond motifs is 1. The molecule has 1 heterocycles. The Morgan fingerprint density at radius 1 is 1.42 bits per heavy atom. The Labute approximate surface area is 111 Å². The summed E-state index contributed by atoms with van der Waals surface area (Å²) < 4.78 is 0. The number of aromatic nitrogens is 1. The van der Waals surface area contributed by atoms with E-state index in [0.717, 1.165) is 5.56 Å². The maximum absolute atomic E-state index is 11.0. The van der Waals surface area contributed by atoms with Gasteiger partial charge in [-0.2, -0.15) is 0 Å². The van der Waals surface area contributed by atoms with Gasteiger partial charge in [0.2, 0.25) is 0 Å².